The molecule has 0 aliphatic rings. The summed E-state index contributed by atoms with van der Waals surface area (Å²) in [5.41, 5.74) is 2.49. The van der Waals surface area contributed by atoms with Crippen molar-refractivity contribution in [3.63, 3.8) is 0 Å². The SMILES string of the molecule is CCc1cccc(C)c1NC(=O)Cn1c(=O)n(CC(C)C)c(=O)c2ccccc21. The molecule has 0 saturated carbocycles. The Morgan fingerprint density at radius 3 is 2.45 bits per heavy atom. The third kappa shape index (κ3) is 4.16. The van der Waals surface area contributed by atoms with E-state index in [1.165, 1.54) is 9.13 Å². The van der Waals surface area contributed by atoms with Crippen LogP contribution in [0.3, 0.4) is 0 Å². The molecule has 0 unspecified atom stereocenters. The Morgan fingerprint density at radius 2 is 1.76 bits per heavy atom. The van der Waals surface area contributed by atoms with E-state index in [9.17, 15) is 14.4 Å². The molecule has 0 spiro atoms. The maximum atomic E-state index is 13.1. The fraction of sp³-hybridized carbons (Fsp3) is 0.348. The lowest BCUT2D eigenvalue weighted by atomic mass is 10.1. The number of hydrogen-bond acceptors (Lipinski definition) is 3. The van der Waals surface area contributed by atoms with E-state index in [2.05, 4.69) is 5.32 Å². The number of benzene rings is 2. The van der Waals surface area contributed by atoms with Crippen molar-refractivity contribution in [1.29, 1.82) is 0 Å². The molecule has 0 aliphatic heterocycles. The van der Waals surface area contributed by atoms with Gasteiger partial charge in [0, 0.05) is 12.2 Å². The van der Waals surface area contributed by atoms with Gasteiger partial charge in [-0.05, 0) is 42.5 Å². The van der Waals surface area contributed by atoms with Crippen molar-refractivity contribution < 1.29 is 4.79 Å². The van der Waals surface area contributed by atoms with Gasteiger partial charge in [0.1, 0.15) is 6.54 Å². The number of fused-ring (bicyclic) bond motifs is 1. The maximum absolute atomic E-state index is 13.1. The van der Waals surface area contributed by atoms with Gasteiger partial charge < -0.3 is 5.32 Å². The van der Waals surface area contributed by atoms with Crippen LogP contribution in [0.1, 0.15) is 31.9 Å². The lowest BCUT2D eigenvalue weighted by Crippen LogP contribution is -2.42. The summed E-state index contributed by atoms with van der Waals surface area (Å²) in [6.45, 7) is 8.02. The van der Waals surface area contributed by atoms with E-state index in [-0.39, 0.29) is 23.9 Å². The van der Waals surface area contributed by atoms with E-state index in [0.29, 0.717) is 17.4 Å². The molecule has 3 rings (SSSR count). The van der Waals surface area contributed by atoms with Crippen molar-refractivity contribution in [2.45, 2.75) is 47.2 Å². The van der Waals surface area contributed by atoms with Gasteiger partial charge in [0.05, 0.1) is 10.9 Å². The number of nitrogens with zero attached hydrogens (tertiary/aromatic N) is 2. The van der Waals surface area contributed by atoms with Crippen LogP contribution in [0.25, 0.3) is 10.9 Å². The van der Waals surface area contributed by atoms with Crippen molar-refractivity contribution in [1.82, 2.24) is 9.13 Å². The summed E-state index contributed by atoms with van der Waals surface area (Å²) in [6.07, 6.45) is 0.791. The molecule has 152 valence electrons. The summed E-state index contributed by atoms with van der Waals surface area (Å²) in [5, 5.41) is 3.39. The minimum atomic E-state index is -0.460. The number of nitrogens with one attached hydrogen (secondary N) is 1. The number of rotatable bonds is 6. The van der Waals surface area contributed by atoms with Crippen molar-refractivity contribution >= 4 is 22.5 Å². The van der Waals surface area contributed by atoms with Crippen LogP contribution >= 0.6 is 0 Å². The number of aryl methyl sites for hydroxylation is 2. The van der Waals surface area contributed by atoms with Gasteiger partial charge in [0.2, 0.25) is 5.91 Å². The molecule has 0 bridgehead atoms. The summed E-state index contributed by atoms with van der Waals surface area (Å²) >= 11 is 0. The average Bonchev–Trinajstić information content (AvgIpc) is 2.69. The van der Waals surface area contributed by atoms with Crippen LogP contribution in [0.2, 0.25) is 0 Å². The predicted octanol–water partition coefficient (Wildman–Crippen LogP) is 3.33. The molecular weight excluding hydrogens is 366 g/mol. The topological polar surface area (TPSA) is 73.1 Å². The van der Waals surface area contributed by atoms with E-state index in [1.807, 2.05) is 45.9 Å². The van der Waals surface area contributed by atoms with Gasteiger partial charge in [-0.25, -0.2) is 4.79 Å². The highest BCUT2D eigenvalue weighted by Gasteiger charge is 2.17. The monoisotopic (exact) mass is 393 g/mol. The number of amides is 1. The number of carbonyl (C=O) groups excluding carboxylic acids is 1. The number of anilines is 1. The van der Waals surface area contributed by atoms with Crippen LogP contribution in [0, 0.1) is 12.8 Å². The molecule has 1 heterocycles. The number of aromatic nitrogens is 2. The van der Waals surface area contributed by atoms with E-state index in [4.69, 9.17) is 0 Å². The Kier molecular flexibility index (Phi) is 6.01. The lowest BCUT2D eigenvalue weighted by Gasteiger charge is -2.16. The Hall–Kier alpha value is -3.15. The zero-order valence-electron chi connectivity index (χ0n) is 17.4. The van der Waals surface area contributed by atoms with Crippen LogP contribution in [0.4, 0.5) is 5.69 Å². The molecule has 0 fully saturated rings. The summed E-state index contributed by atoms with van der Waals surface area (Å²) < 4.78 is 2.61. The van der Waals surface area contributed by atoms with E-state index in [1.54, 1.807) is 24.3 Å². The zero-order chi connectivity index (χ0) is 21.1. The lowest BCUT2D eigenvalue weighted by molar-refractivity contribution is -0.116. The van der Waals surface area contributed by atoms with Gasteiger partial charge >= 0.3 is 5.69 Å². The minimum Gasteiger partial charge on any atom is -0.324 e. The molecule has 1 aromatic heterocycles. The minimum absolute atomic E-state index is 0.128. The van der Waals surface area contributed by atoms with Crippen molar-refractivity contribution in [2.75, 3.05) is 5.32 Å². The number of carbonyl (C=O) groups is 1. The highest BCUT2D eigenvalue weighted by Crippen LogP contribution is 2.21. The molecule has 1 amide bonds. The van der Waals surface area contributed by atoms with Crippen LogP contribution < -0.4 is 16.6 Å². The Balaban J connectivity index is 2.05. The molecule has 6 heteroatoms. The first-order chi connectivity index (χ1) is 13.8. The van der Waals surface area contributed by atoms with Crippen LogP contribution in [-0.2, 0) is 24.3 Å². The summed E-state index contributed by atoms with van der Waals surface area (Å²) in [7, 11) is 0. The highest BCUT2D eigenvalue weighted by atomic mass is 16.2. The fourth-order valence-electron chi connectivity index (χ4n) is 3.57. The highest BCUT2D eigenvalue weighted by molar-refractivity contribution is 5.93. The van der Waals surface area contributed by atoms with E-state index >= 15 is 0 Å². The largest absolute Gasteiger partial charge is 0.331 e. The standard InChI is InChI=1S/C23H27N3O3/c1-5-17-10-8-9-16(4)21(17)24-20(27)14-25-19-12-7-6-11-18(19)22(28)26(23(25)29)13-15(2)3/h6-12,15H,5,13-14H2,1-4H3,(H,24,27). The number of hydrogen-bond donors (Lipinski definition) is 1. The first-order valence-electron chi connectivity index (χ1n) is 9.94. The molecule has 0 radical (unpaired) electrons. The molecule has 0 aliphatic carbocycles. The molecule has 3 aromatic rings. The van der Waals surface area contributed by atoms with Gasteiger partial charge in [0.15, 0.2) is 0 Å². The first kappa shape index (κ1) is 20.6. The van der Waals surface area contributed by atoms with Crippen molar-refractivity contribution in [2.24, 2.45) is 5.92 Å². The maximum Gasteiger partial charge on any atom is 0.331 e. The molecule has 0 atom stereocenters. The summed E-state index contributed by atoms with van der Waals surface area (Å²) in [6, 6.07) is 12.8. The van der Waals surface area contributed by atoms with Gasteiger partial charge in [-0.15, -0.1) is 0 Å². The fourth-order valence-corrected chi connectivity index (χ4v) is 3.57. The van der Waals surface area contributed by atoms with Crippen molar-refractivity contribution in [3.8, 4) is 0 Å². The second kappa shape index (κ2) is 8.47. The number of para-hydroxylation sites is 2. The molecule has 2 aromatic carbocycles. The Labute approximate surface area is 169 Å². The zero-order valence-corrected chi connectivity index (χ0v) is 17.4. The smallest absolute Gasteiger partial charge is 0.324 e. The summed E-state index contributed by atoms with van der Waals surface area (Å²) in [5.74, 6) is -0.168. The first-order valence-corrected chi connectivity index (χ1v) is 9.94. The third-order valence-electron chi connectivity index (χ3n) is 4.99. The van der Waals surface area contributed by atoms with Crippen molar-refractivity contribution in [3.05, 3.63) is 74.4 Å². The van der Waals surface area contributed by atoms with Gasteiger partial charge in [0.25, 0.3) is 5.56 Å². The summed E-state index contributed by atoms with van der Waals surface area (Å²) in [4.78, 5) is 38.7. The Bertz CT molecular complexity index is 1170. The average molecular weight is 393 g/mol. The Morgan fingerprint density at radius 1 is 1.03 bits per heavy atom. The van der Waals surface area contributed by atoms with Crippen LogP contribution in [-0.4, -0.2) is 15.0 Å². The van der Waals surface area contributed by atoms with E-state index < -0.39 is 5.69 Å². The van der Waals surface area contributed by atoms with Crippen LogP contribution in [0.15, 0.2) is 52.1 Å². The molecule has 0 saturated heterocycles. The predicted molar refractivity (Wildman–Crippen MR) is 116 cm³/mol. The van der Waals surface area contributed by atoms with Crippen LogP contribution in [0.5, 0.6) is 0 Å². The van der Waals surface area contributed by atoms with Gasteiger partial charge in [-0.3, -0.25) is 18.7 Å². The quantitative estimate of drug-likeness (QED) is 0.698. The molecule has 1 N–H and O–H groups in total. The molecule has 29 heavy (non-hydrogen) atoms. The molecular formula is C23H27N3O3. The normalized spacial score (nSPS) is 11.2. The third-order valence-corrected chi connectivity index (χ3v) is 4.99. The van der Waals surface area contributed by atoms with Gasteiger partial charge in [-0.1, -0.05) is 51.1 Å². The van der Waals surface area contributed by atoms with Gasteiger partial charge in [-0.2, -0.15) is 0 Å². The molecule has 6 nitrogen and oxygen atoms in total. The second-order valence-corrected chi connectivity index (χ2v) is 7.71. The van der Waals surface area contributed by atoms with E-state index in [0.717, 1.165) is 23.2 Å². The second-order valence-electron chi connectivity index (χ2n) is 7.71.